The number of methoxy groups -OCH3 is 1. The number of rotatable bonds is 5. The van der Waals surface area contributed by atoms with Crippen LogP contribution < -0.4 is 10.5 Å². The van der Waals surface area contributed by atoms with Crippen molar-refractivity contribution in [2.75, 3.05) is 13.7 Å². The molecule has 0 spiro atoms. The van der Waals surface area contributed by atoms with Crippen molar-refractivity contribution >= 4 is 15.9 Å². The summed E-state index contributed by atoms with van der Waals surface area (Å²) < 4.78 is 11.6. The summed E-state index contributed by atoms with van der Waals surface area (Å²) in [4.78, 5) is 0. The van der Waals surface area contributed by atoms with Crippen molar-refractivity contribution in [2.24, 2.45) is 5.73 Å². The summed E-state index contributed by atoms with van der Waals surface area (Å²) in [6, 6.07) is 5.92. The Morgan fingerprint density at radius 1 is 1.38 bits per heavy atom. The van der Waals surface area contributed by atoms with Gasteiger partial charge >= 0.3 is 0 Å². The van der Waals surface area contributed by atoms with Crippen molar-refractivity contribution in [2.45, 2.75) is 26.0 Å². The molecule has 0 saturated heterocycles. The summed E-state index contributed by atoms with van der Waals surface area (Å²) in [5, 5.41) is 0. The van der Waals surface area contributed by atoms with Crippen molar-refractivity contribution in [3.05, 3.63) is 28.2 Å². The van der Waals surface area contributed by atoms with Gasteiger partial charge in [-0.15, -0.1) is 0 Å². The Balaban J connectivity index is 2.75. The van der Waals surface area contributed by atoms with E-state index in [1.54, 1.807) is 7.11 Å². The zero-order valence-electron chi connectivity index (χ0n) is 9.87. The Kier molecular flexibility index (Phi) is 5.25. The number of hydrogen-bond acceptors (Lipinski definition) is 3. The molecule has 0 aliphatic rings. The van der Waals surface area contributed by atoms with Crippen molar-refractivity contribution in [1.82, 2.24) is 0 Å². The third kappa shape index (κ3) is 3.77. The minimum atomic E-state index is 0.0294. The van der Waals surface area contributed by atoms with Gasteiger partial charge in [0, 0.05) is 13.2 Å². The molecule has 0 aliphatic carbocycles. The van der Waals surface area contributed by atoms with E-state index >= 15 is 0 Å². The topological polar surface area (TPSA) is 44.5 Å². The van der Waals surface area contributed by atoms with E-state index in [1.807, 2.05) is 32.0 Å². The molecule has 2 N–H and O–H groups in total. The normalized spacial score (nSPS) is 14.6. The molecule has 0 radical (unpaired) electrons. The molecule has 0 heterocycles. The van der Waals surface area contributed by atoms with Crippen LogP contribution in [-0.2, 0) is 4.74 Å². The maximum atomic E-state index is 5.80. The van der Waals surface area contributed by atoms with Gasteiger partial charge in [-0.1, -0.05) is 6.07 Å². The van der Waals surface area contributed by atoms with E-state index in [2.05, 4.69) is 15.9 Å². The van der Waals surface area contributed by atoms with Gasteiger partial charge in [0.25, 0.3) is 0 Å². The fourth-order valence-corrected chi connectivity index (χ4v) is 1.87. The fraction of sp³-hybridized carbons (Fsp3) is 0.500. The molecular formula is C12H18BrNO2. The van der Waals surface area contributed by atoms with Crippen molar-refractivity contribution in [1.29, 1.82) is 0 Å². The smallest absolute Gasteiger partial charge is 0.134 e. The number of ether oxygens (including phenoxy) is 2. The van der Waals surface area contributed by atoms with Gasteiger partial charge in [-0.3, -0.25) is 0 Å². The van der Waals surface area contributed by atoms with E-state index < -0.39 is 0 Å². The number of hydrogen-bond donors (Lipinski definition) is 1. The summed E-state index contributed by atoms with van der Waals surface area (Å²) in [5.74, 6) is 0.814. The largest absolute Gasteiger partial charge is 0.487 e. The van der Waals surface area contributed by atoms with Gasteiger partial charge < -0.3 is 15.2 Å². The van der Waals surface area contributed by atoms with Crippen molar-refractivity contribution in [3.8, 4) is 5.75 Å². The summed E-state index contributed by atoms with van der Waals surface area (Å²) >= 11 is 3.47. The maximum Gasteiger partial charge on any atom is 0.134 e. The predicted molar refractivity (Wildman–Crippen MR) is 68.7 cm³/mol. The van der Waals surface area contributed by atoms with Crippen LogP contribution in [0.5, 0.6) is 5.75 Å². The van der Waals surface area contributed by atoms with Gasteiger partial charge in [0.05, 0.1) is 11.1 Å². The molecule has 90 valence electrons. The first kappa shape index (κ1) is 13.5. The number of benzene rings is 1. The lowest BCUT2D eigenvalue weighted by Crippen LogP contribution is -2.18. The lowest BCUT2D eigenvalue weighted by molar-refractivity contribution is 0.0915. The highest BCUT2D eigenvalue weighted by molar-refractivity contribution is 9.10. The van der Waals surface area contributed by atoms with E-state index in [4.69, 9.17) is 15.2 Å². The molecule has 16 heavy (non-hydrogen) atoms. The van der Waals surface area contributed by atoms with Crippen LogP contribution in [0.25, 0.3) is 0 Å². The Morgan fingerprint density at radius 3 is 2.56 bits per heavy atom. The van der Waals surface area contributed by atoms with E-state index in [9.17, 15) is 0 Å². The molecule has 0 bridgehead atoms. The van der Waals surface area contributed by atoms with Gasteiger partial charge in [-0.2, -0.15) is 0 Å². The van der Waals surface area contributed by atoms with Crippen molar-refractivity contribution < 1.29 is 9.47 Å². The minimum absolute atomic E-state index is 0.0294. The second-order valence-electron chi connectivity index (χ2n) is 3.86. The Morgan fingerprint density at radius 2 is 2.06 bits per heavy atom. The van der Waals surface area contributed by atoms with Crippen LogP contribution in [-0.4, -0.2) is 19.8 Å². The van der Waals surface area contributed by atoms with Crippen LogP contribution in [0.15, 0.2) is 22.7 Å². The minimum Gasteiger partial charge on any atom is -0.487 e. The molecular weight excluding hydrogens is 270 g/mol. The second-order valence-corrected chi connectivity index (χ2v) is 4.72. The summed E-state index contributed by atoms with van der Waals surface area (Å²) in [7, 11) is 1.66. The molecule has 3 nitrogen and oxygen atoms in total. The molecule has 0 aromatic heterocycles. The lowest BCUT2D eigenvalue weighted by Gasteiger charge is -2.16. The average Bonchev–Trinajstić information content (AvgIpc) is 2.21. The summed E-state index contributed by atoms with van der Waals surface area (Å²) in [6.07, 6.45) is 0.0300. The van der Waals surface area contributed by atoms with E-state index in [0.29, 0.717) is 6.61 Å². The second kappa shape index (κ2) is 6.23. The standard InChI is InChI=1S/C12H18BrNO2/c1-8(7-15-3)16-12-5-4-10(9(2)14)6-11(12)13/h4-6,8-9H,7,14H2,1-3H3/t8?,9-/m0/s1. The molecule has 2 atom stereocenters. The molecule has 1 unspecified atom stereocenters. The first-order valence-corrected chi connectivity index (χ1v) is 6.04. The molecule has 0 aliphatic heterocycles. The van der Waals surface area contributed by atoms with Gasteiger partial charge in [-0.05, 0) is 47.5 Å². The highest BCUT2D eigenvalue weighted by atomic mass is 79.9. The molecule has 0 amide bonds. The first-order chi connectivity index (χ1) is 7.54. The number of nitrogens with two attached hydrogens (primary N) is 1. The maximum absolute atomic E-state index is 5.80. The quantitative estimate of drug-likeness (QED) is 0.906. The third-order valence-electron chi connectivity index (χ3n) is 2.21. The Hall–Kier alpha value is -0.580. The summed E-state index contributed by atoms with van der Waals surface area (Å²) in [6.45, 7) is 4.49. The number of halogens is 1. The zero-order valence-corrected chi connectivity index (χ0v) is 11.5. The molecule has 0 saturated carbocycles. The lowest BCUT2D eigenvalue weighted by atomic mass is 10.1. The van der Waals surface area contributed by atoms with Crippen LogP contribution in [0.1, 0.15) is 25.5 Å². The highest BCUT2D eigenvalue weighted by Crippen LogP contribution is 2.28. The van der Waals surface area contributed by atoms with E-state index in [0.717, 1.165) is 15.8 Å². The van der Waals surface area contributed by atoms with Crippen molar-refractivity contribution in [3.63, 3.8) is 0 Å². The molecule has 1 rings (SSSR count). The molecule has 4 heteroatoms. The van der Waals surface area contributed by atoms with E-state index in [1.165, 1.54) is 0 Å². The molecule has 0 fully saturated rings. The summed E-state index contributed by atoms with van der Waals surface area (Å²) in [5.41, 5.74) is 6.88. The van der Waals surface area contributed by atoms with Crippen LogP contribution in [0, 0.1) is 0 Å². The Bertz CT molecular complexity index is 342. The molecule has 1 aromatic rings. The predicted octanol–water partition coefficient (Wildman–Crippen LogP) is 2.88. The SMILES string of the molecule is COCC(C)Oc1ccc([C@H](C)N)cc1Br. The third-order valence-corrected chi connectivity index (χ3v) is 2.83. The Labute approximate surface area is 105 Å². The average molecular weight is 288 g/mol. The van der Waals surface area contributed by atoms with Crippen LogP contribution in [0.4, 0.5) is 0 Å². The van der Waals surface area contributed by atoms with Gasteiger partial charge in [0.2, 0.25) is 0 Å². The first-order valence-electron chi connectivity index (χ1n) is 5.25. The van der Waals surface area contributed by atoms with Crippen LogP contribution >= 0.6 is 15.9 Å². The van der Waals surface area contributed by atoms with Gasteiger partial charge in [0.15, 0.2) is 0 Å². The van der Waals surface area contributed by atoms with Gasteiger partial charge in [-0.25, -0.2) is 0 Å². The van der Waals surface area contributed by atoms with E-state index in [-0.39, 0.29) is 12.1 Å². The van der Waals surface area contributed by atoms with Gasteiger partial charge in [0.1, 0.15) is 11.9 Å². The highest BCUT2D eigenvalue weighted by Gasteiger charge is 2.08. The van der Waals surface area contributed by atoms with Crippen LogP contribution in [0.3, 0.4) is 0 Å². The molecule has 1 aromatic carbocycles. The zero-order chi connectivity index (χ0) is 12.1. The van der Waals surface area contributed by atoms with Crippen LogP contribution in [0.2, 0.25) is 0 Å². The monoisotopic (exact) mass is 287 g/mol. The fourth-order valence-electron chi connectivity index (χ4n) is 1.38.